The molecule has 0 aliphatic carbocycles. The minimum atomic E-state index is -4.43. The number of halogens is 3. The maximum absolute atomic E-state index is 12.2. The minimum absolute atomic E-state index is 0.0229. The number of amides is 2. The Morgan fingerprint density at radius 2 is 1.79 bits per heavy atom. The summed E-state index contributed by atoms with van der Waals surface area (Å²) in [6.45, 7) is -1.40. The van der Waals surface area contributed by atoms with Gasteiger partial charge in [-0.2, -0.15) is 13.2 Å². The summed E-state index contributed by atoms with van der Waals surface area (Å²) in [4.78, 5) is 12.4. The van der Waals surface area contributed by atoms with Crippen molar-refractivity contribution in [1.29, 1.82) is 0 Å². The third-order valence-electron chi connectivity index (χ3n) is 4.12. The minimum Gasteiger partial charge on any atom is -0.484 e. The number of carbonyl (C=O) groups excluding carboxylic acids is 1. The molecule has 10 heteroatoms. The van der Waals surface area contributed by atoms with Gasteiger partial charge in [0.2, 0.25) is 0 Å². The number of hydrogen-bond acceptors (Lipinski definition) is 4. The fraction of sp³-hybridized carbons (Fsp3) is 0.278. The Morgan fingerprint density at radius 3 is 2.46 bits per heavy atom. The highest BCUT2D eigenvalue weighted by Crippen LogP contribution is 2.32. The Labute approximate surface area is 159 Å². The van der Waals surface area contributed by atoms with Gasteiger partial charge in [0.25, 0.3) is 0 Å². The molecule has 0 bridgehead atoms. The van der Waals surface area contributed by atoms with Gasteiger partial charge in [-0.25, -0.2) is 13.2 Å². The number of anilines is 1. The number of urea groups is 1. The van der Waals surface area contributed by atoms with E-state index in [0.717, 1.165) is 0 Å². The molecule has 1 aliphatic heterocycles. The topological polar surface area (TPSA) is 84.5 Å². The van der Waals surface area contributed by atoms with Gasteiger partial charge < -0.3 is 15.4 Å². The second-order valence-electron chi connectivity index (χ2n) is 6.22. The van der Waals surface area contributed by atoms with Crippen LogP contribution in [0.2, 0.25) is 0 Å². The number of alkyl halides is 3. The summed E-state index contributed by atoms with van der Waals surface area (Å²) in [5, 5.41) is 5.29. The molecule has 2 aromatic rings. The van der Waals surface area contributed by atoms with Crippen molar-refractivity contribution in [2.45, 2.75) is 23.5 Å². The van der Waals surface area contributed by atoms with Crippen LogP contribution in [-0.2, 0) is 9.84 Å². The van der Waals surface area contributed by atoms with Crippen molar-refractivity contribution in [3.8, 4) is 5.75 Å². The largest absolute Gasteiger partial charge is 0.484 e. The molecule has 28 heavy (non-hydrogen) atoms. The maximum atomic E-state index is 12.2. The first kappa shape index (κ1) is 20.0. The van der Waals surface area contributed by atoms with Gasteiger partial charge in [-0.15, -0.1) is 0 Å². The average molecular weight is 414 g/mol. The van der Waals surface area contributed by atoms with Gasteiger partial charge in [0, 0.05) is 5.69 Å². The number of rotatable bonds is 4. The molecule has 0 aromatic heterocycles. The third kappa shape index (κ3) is 4.94. The van der Waals surface area contributed by atoms with Crippen LogP contribution >= 0.6 is 0 Å². The summed E-state index contributed by atoms with van der Waals surface area (Å²) in [5.74, 6) is -0.0464. The molecule has 2 aromatic carbocycles. The zero-order valence-electron chi connectivity index (χ0n) is 14.5. The van der Waals surface area contributed by atoms with Crippen molar-refractivity contribution < 1.29 is 31.1 Å². The van der Waals surface area contributed by atoms with Crippen molar-refractivity contribution >= 4 is 21.6 Å². The molecule has 0 fully saturated rings. The molecule has 1 aliphatic rings. The Hall–Kier alpha value is -2.75. The molecule has 2 amide bonds. The number of nitrogens with one attached hydrogen (secondary N) is 2. The van der Waals surface area contributed by atoms with E-state index in [1.165, 1.54) is 30.3 Å². The smallest absolute Gasteiger partial charge is 0.422 e. The van der Waals surface area contributed by atoms with Gasteiger partial charge in [-0.05, 0) is 42.3 Å². The average Bonchev–Trinajstić information content (AvgIpc) is 2.63. The van der Waals surface area contributed by atoms with E-state index in [-0.39, 0.29) is 22.8 Å². The molecule has 1 heterocycles. The van der Waals surface area contributed by atoms with Crippen LogP contribution < -0.4 is 15.4 Å². The van der Waals surface area contributed by atoms with E-state index in [9.17, 15) is 26.4 Å². The fourth-order valence-electron chi connectivity index (χ4n) is 2.87. The van der Waals surface area contributed by atoms with Crippen LogP contribution in [0.4, 0.5) is 23.7 Å². The number of ether oxygens (including phenoxy) is 1. The summed E-state index contributed by atoms with van der Waals surface area (Å²) in [6.07, 6.45) is -4.18. The molecule has 1 atom stereocenters. The monoisotopic (exact) mass is 414 g/mol. The molecule has 0 spiro atoms. The van der Waals surface area contributed by atoms with E-state index in [2.05, 4.69) is 15.4 Å². The lowest BCUT2D eigenvalue weighted by Gasteiger charge is -2.26. The third-order valence-corrected chi connectivity index (χ3v) is 5.94. The highest BCUT2D eigenvalue weighted by Gasteiger charge is 2.31. The first-order valence-electron chi connectivity index (χ1n) is 8.33. The molecule has 1 unspecified atom stereocenters. The Bertz CT molecular complexity index is 960. The first-order chi connectivity index (χ1) is 13.1. The summed E-state index contributed by atoms with van der Waals surface area (Å²) in [5.41, 5.74) is 0.883. The highest BCUT2D eigenvalue weighted by atomic mass is 32.2. The Morgan fingerprint density at radius 1 is 1.11 bits per heavy atom. The molecule has 150 valence electrons. The fourth-order valence-corrected chi connectivity index (χ4v) is 4.49. The standard InChI is InChI=1S/C18H17F3N2O4S/c19-18(20,21)11-27-13-7-5-12(6-8-13)22-17(24)23-15-9-10-28(25,26)16-4-2-1-3-14(15)16/h1-8,15H,9-11H2,(H2,22,23,24). The molecule has 0 saturated carbocycles. The van der Waals surface area contributed by atoms with Gasteiger partial charge in [0.15, 0.2) is 16.4 Å². The summed E-state index contributed by atoms with van der Waals surface area (Å²) < 4.78 is 65.3. The second kappa shape index (κ2) is 7.70. The van der Waals surface area contributed by atoms with Crippen LogP contribution in [0.15, 0.2) is 53.4 Å². The Kier molecular flexibility index (Phi) is 5.50. The lowest BCUT2D eigenvalue weighted by molar-refractivity contribution is -0.153. The van der Waals surface area contributed by atoms with Crippen LogP contribution in [0.5, 0.6) is 5.75 Å². The lowest BCUT2D eigenvalue weighted by Crippen LogP contribution is -2.36. The molecule has 0 radical (unpaired) electrons. The van der Waals surface area contributed by atoms with Gasteiger partial charge in [0.05, 0.1) is 16.7 Å². The predicted molar refractivity (Wildman–Crippen MR) is 96.0 cm³/mol. The van der Waals surface area contributed by atoms with E-state index >= 15 is 0 Å². The SMILES string of the molecule is O=C(Nc1ccc(OCC(F)(F)F)cc1)NC1CCS(=O)(=O)c2ccccc21. The maximum Gasteiger partial charge on any atom is 0.422 e. The molecule has 0 saturated heterocycles. The molecule has 2 N–H and O–H groups in total. The van der Waals surface area contributed by atoms with E-state index < -0.39 is 34.7 Å². The molecular weight excluding hydrogens is 397 g/mol. The van der Waals surface area contributed by atoms with Crippen molar-refractivity contribution in [2.24, 2.45) is 0 Å². The zero-order chi connectivity index (χ0) is 20.4. The molecular formula is C18H17F3N2O4S. The van der Waals surface area contributed by atoms with Gasteiger partial charge >= 0.3 is 12.2 Å². The first-order valence-corrected chi connectivity index (χ1v) is 9.98. The van der Waals surface area contributed by atoms with Crippen molar-refractivity contribution in [3.63, 3.8) is 0 Å². The summed E-state index contributed by atoms with van der Waals surface area (Å²) >= 11 is 0. The van der Waals surface area contributed by atoms with Gasteiger partial charge in [0.1, 0.15) is 5.75 Å². The quantitative estimate of drug-likeness (QED) is 0.800. The number of sulfone groups is 1. The number of carbonyl (C=O) groups is 1. The number of benzene rings is 2. The van der Waals surface area contributed by atoms with E-state index in [4.69, 9.17) is 0 Å². The van der Waals surface area contributed by atoms with Crippen LogP contribution in [-0.4, -0.2) is 33.0 Å². The van der Waals surface area contributed by atoms with Crippen molar-refractivity contribution in [1.82, 2.24) is 5.32 Å². The predicted octanol–water partition coefficient (Wildman–Crippen LogP) is 3.67. The van der Waals surface area contributed by atoms with Crippen molar-refractivity contribution in [2.75, 3.05) is 17.7 Å². The normalized spacial score (nSPS) is 18.0. The van der Waals surface area contributed by atoms with Gasteiger partial charge in [-0.3, -0.25) is 0 Å². The van der Waals surface area contributed by atoms with Crippen LogP contribution in [0, 0.1) is 0 Å². The van der Waals surface area contributed by atoms with E-state index in [1.54, 1.807) is 18.2 Å². The second-order valence-corrected chi connectivity index (χ2v) is 8.30. The Balaban J connectivity index is 1.62. The molecule has 6 nitrogen and oxygen atoms in total. The summed E-state index contributed by atoms with van der Waals surface area (Å²) in [7, 11) is -3.36. The summed E-state index contributed by atoms with van der Waals surface area (Å²) in [6, 6.07) is 10.9. The number of fused-ring (bicyclic) bond motifs is 1. The van der Waals surface area contributed by atoms with Crippen LogP contribution in [0.25, 0.3) is 0 Å². The van der Waals surface area contributed by atoms with Crippen LogP contribution in [0.1, 0.15) is 18.0 Å². The molecule has 3 rings (SSSR count). The van der Waals surface area contributed by atoms with E-state index in [1.807, 2.05) is 0 Å². The zero-order valence-corrected chi connectivity index (χ0v) is 15.3. The van der Waals surface area contributed by atoms with E-state index in [0.29, 0.717) is 11.3 Å². The van der Waals surface area contributed by atoms with Crippen LogP contribution in [0.3, 0.4) is 0 Å². The highest BCUT2D eigenvalue weighted by molar-refractivity contribution is 7.91. The number of hydrogen-bond donors (Lipinski definition) is 2. The lowest BCUT2D eigenvalue weighted by atomic mass is 10.0. The van der Waals surface area contributed by atoms with Gasteiger partial charge in [-0.1, -0.05) is 18.2 Å². The van der Waals surface area contributed by atoms with Crippen molar-refractivity contribution in [3.05, 3.63) is 54.1 Å².